The predicted molar refractivity (Wildman–Crippen MR) is 95.6 cm³/mol. The van der Waals surface area contributed by atoms with Gasteiger partial charge in [-0.3, -0.25) is 9.58 Å². The van der Waals surface area contributed by atoms with Gasteiger partial charge in [0.05, 0.1) is 12.8 Å². The van der Waals surface area contributed by atoms with E-state index in [4.69, 9.17) is 5.11 Å². The van der Waals surface area contributed by atoms with E-state index >= 15 is 0 Å². The number of likely N-dealkylation sites (N-methyl/N-ethyl adjacent to an activating group) is 1. The Morgan fingerprint density at radius 2 is 1.96 bits per heavy atom. The van der Waals surface area contributed by atoms with E-state index in [0.29, 0.717) is 13.0 Å². The number of halogens is 1. The topological polar surface area (TPSA) is 44.5 Å². The number of rotatable bonds is 7. The third kappa shape index (κ3) is 4.87. The smallest absolute Gasteiger partial charge is 0.114 e. The van der Waals surface area contributed by atoms with Gasteiger partial charge in [-0.1, -0.05) is 24.3 Å². The normalized spacial score (nSPS) is 21.3. The summed E-state index contributed by atoms with van der Waals surface area (Å²) in [5.74, 6) is 0. The number of aromatic nitrogens is 2. The van der Waals surface area contributed by atoms with Crippen LogP contribution >= 0.6 is 0 Å². The van der Waals surface area contributed by atoms with Crippen molar-refractivity contribution in [2.24, 2.45) is 7.05 Å². The van der Waals surface area contributed by atoms with Gasteiger partial charge in [-0.25, -0.2) is 4.39 Å². The Balaban J connectivity index is 1.57. The maximum atomic E-state index is 14.0. The standard InChI is InChI=1S/C19H27FN4O/c1-22(9-15-3-5-16(14-25)6-4-15)13-19-7-18(20)12-24(19)11-17-8-21-23(2)10-17/h3-6,8,10,18-19,25H,7,9,11-14H2,1-2H3/t18-,19-/m0/s1. The highest BCUT2D eigenvalue weighted by molar-refractivity contribution is 5.21. The minimum Gasteiger partial charge on any atom is -0.392 e. The van der Waals surface area contributed by atoms with Crippen LogP contribution in [0.5, 0.6) is 0 Å². The molecule has 0 saturated carbocycles. The van der Waals surface area contributed by atoms with Gasteiger partial charge in [-0.05, 0) is 24.6 Å². The second-order valence-electron chi connectivity index (χ2n) is 7.11. The highest BCUT2D eigenvalue weighted by Crippen LogP contribution is 2.23. The molecule has 1 aliphatic heterocycles. The summed E-state index contributed by atoms with van der Waals surface area (Å²) in [4.78, 5) is 4.47. The van der Waals surface area contributed by atoms with Gasteiger partial charge in [0.15, 0.2) is 0 Å². The van der Waals surface area contributed by atoms with Crippen molar-refractivity contribution in [3.8, 4) is 0 Å². The second kappa shape index (κ2) is 8.08. The lowest BCUT2D eigenvalue weighted by Gasteiger charge is -2.28. The van der Waals surface area contributed by atoms with Gasteiger partial charge < -0.3 is 10.0 Å². The first-order valence-electron chi connectivity index (χ1n) is 8.76. The van der Waals surface area contributed by atoms with Crippen LogP contribution in [0.2, 0.25) is 0 Å². The van der Waals surface area contributed by atoms with E-state index < -0.39 is 6.17 Å². The molecule has 1 fully saturated rings. The predicted octanol–water partition coefficient (Wildman–Crippen LogP) is 1.96. The van der Waals surface area contributed by atoms with Crippen LogP contribution < -0.4 is 0 Å². The average molecular weight is 346 g/mol. The van der Waals surface area contributed by atoms with Crippen molar-refractivity contribution >= 4 is 0 Å². The number of hydrogen-bond donors (Lipinski definition) is 1. The molecule has 1 aliphatic rings. The molecule has 1 aromatic carbocycles. The third-order valence-electron chi connectivity index (χ3n) is 4.80. The van der Waals surface area contributed by atoms with Crippen molar-refractivity contribution in [2.75, 3.05) is 20.1 Å². The summed E-state index contributed by atoms with van der Waals surface area (Å²) in [7, 11) is 3.98. The molecule has 6 heteroatoms. The highest BCUT2D eigenvalue weighted by atomic mass is 19.1. The van der Waals surface area contributed by atoms with Gasteiger partial charge in [0.1, 0.15) is 6.17 Å². The quantitative estimate of drug-likeness (QED) is 0.832. The van der Waals surface area contributed by atoms with Crippen molar-refractivity contribution in [2.45, 2.75) is 38.3 Å². The van der Waals surface area contributed by atoms with Crippen LogP contribution in [0.25, 0.3) is 0 Å². The van der Waals surface area contributed by atoms with E-state index in [1.165, 1.54) is 5.56 Å². The zero-order valence-electron chi connectivity index (χ0n) is 15.0. The Hall–Kier alpha value is -1.76. The van der Waals surface area contributed by atoms with Crippen LogP contribution in [0.15, 0.2) is 36.7 Å². The SMILES string of the molecule is CN(Cc1ccc(CO)cc1)C[C@@H]1C[C@H](F)CN1Cc1cnn(C)c1. The van der Waals surface area contributed by atoms with Crippen LogP contribution in [0.4, 0.5) is 4.39 Å². The minimum atomic E-state index is -0.751. The van der Waals surface area contributed by atoms with E-state index in [1.807, 2.05) is 43.7 Å². The van der Waals surface area contributed by atoms with Crippen LogP contribution in [0.1, 0.15) is 23.1 Å². The molecule has 0 radical (unpaired) electrons. The lowest BCUT2D eigenvalue weighted by Crippen LogP contribution is -2.38. The zero-order valence-corrected chi connectivity index (χ0v) is 15.0. The minimum absolute atomic E-state index is 0.0688. The molecule has 5 nitrogen and oxygen atoms in total. The number of aliphatic hydroxyl groups excluding tert-OH is 1. The lowest BCUT2D eigenvalue weighted by atomic mass is 10.1. The molecule has 25 heavy (non-hydrogen) atoms. The molecular formula is C19H27FN4O. The summed E-state index contributed by atoms with van der Waals surface area (Å²) in [6, 6.07) is 8.21. The number of aryl methyl sites for hydroxylation is 1. The Labute approximate surface area is 148 Å². The molecule has 2 heterocycles. The fourth-order valence-corrected chi connectivity index (χ4v) is 3.58. The largest absolute Gasteiger partial charge is 0.392 e. The third-order valence-corrected chi connectivity index (χ3v) is 4.80. The highest BCUT2D eigenvalue weighted by Gasteiger charge is 2.32. The van der Waals surface area contributed by atoms with Crippen LogP contribution in [-0.2, 0) is 26.7 Å². The number of nitrogens with zero attached hydrogens (tertiary/aromatic N) is 4. The Bertz CT molecular complexity index is 672. The number of likely N-dealkylation sites (tertiary alicyclic amines) is 1. The summed E-state index contributed by atoms with van der Waals surface area (Å²) >= 11 is 0. The fourth-order valence-electron chi connectivity index (χ4n) is 3.58. The second-order valence-corrected chi connectivity index (χ2v) is 7.11. The molecule has 0 amide bonds. The van der Waals surface area contributed by atoms with Crippen molar-refractivity contribution < 1.29 is 9.50 Å². The molecule has 2 atom stereocenters. The summed E-state index contributed by atoms with van der Waals surface area (Å²) < 4.78 is 15.8. The maximum absolute atomic E-state index is 14.0. The molecule has 136 valence electrons. The Morgan fingerprint density at radius 1 is 1.24 bits per heavy atom. The van der Waals surface area contributed by atoms with E-state index in [9.17, 15) is 4.39 Å². The van der Waals surface area contributed by atoms with Crippen molar-refractivity contribution in [1.82, 2.24) is 19.6 Å². The fraction of sp³-hybridized carbons (Fsp3) is 0.526. The van der Waals surface area contributed by atoms with E-state index in [2.05, 4.69) is 21.9 Å². The molecule has 2 aromatic rings. The summed E-state index contributed by atoms with van der Waals surface area (Å²) in [5, 5.41) is 13.3. The van der Waals surface area contributed by atoms with Gasteiger partial charge >= 0.3 is 0 Å². The van der Waals surface area contributed by atoms with E-state index in [-0.39, 0.29) is 12.6 Å². The van der Waals surface area contributed by atoms with Crippen LogP contribution in [0, 0.1) is 0 Å². The van der Waals surface area contributed by atoms with Gasteiger partial charge in [0.25, 0.3) is 0 Å². The molecule has 3 rings (SSSR count). The molecule has 1 aromatic heterocycles. The molecule has 0 spiro atoms. The summed E-state index contributed by atoms with van der Waals surface area (Å²) in [5.41, 5.74) is 3.25. The number of hydrogen-bond acceptors (Lipinski definition) is 4. The van der Waals surface area contributed by atoms with Gasteiger partial charge in [-0.2, -0.15) is 5.10 Å². The first-order valence-corrected chi connectivity index (χ1v) is 8.76. The van der Waals surface area contributed by atoms with E-state index in [0.717, 1.165) is 30.8 Å². The van der Waals surface area contributed by atoms with Crippen molar-refractivity contribution in [1.29, 1.82) is 0 Å². The van der Waals surface area contributed by atoms with Crippen LogP contribution in [-0.4, -0.2) is 57.0 Å². The molecule has 0 unspecified atom stereocenters. The Morgan fingerprint density at radius 3 is 2.60 bits per heavy atom. The number of alkyl halides is 1. The van der Waals surface area contributed by atoms with Gasteiger partial charge in [0, 0.05) is 51.0 Å². The summed E-state index contributed by atoms with van der Waals surface area (Å²) in [6.45, 7) is 2.97. The van der Waals surface area contributed by atoms with Gasteiger partial charge in [0.2, 0.25) is 0 Å². The first-order chi connectivity index (χ1) is 12.0. The monoisotopic (exact) mass is 346 g/mol. The lowest BCUT2D eigenvalue weighted by molar-refractivity contribution is 0.180. The van der Waals surface area contributed by atoms with Gasteiger partial charge in [-0.15, -0.1) is 0 Å². The zero-order chi connectivity index (χ0) is 17.8. The molecular weight excluding hydrogens is 319 g/mol. The maximum Gasteiger partial charge on any atom is 0.114 e. The van der Waals surface area contributed by atoms with Crippen molar-refractivity contribution in [3.63, 3.8) is 0 Å². The molecule has 1 N–H and O–H groups in total. The molecule has 1 saturated heterocycles. The van der Waals surface area contributed by atoms with E-state index in [1.54, 1.807) is 4.68 Å². The van der Waals surface area contributed by atoms with Crippen LogP contribution in [0.3, 0.4) is 0 Å². The number of aliphatic hydroxyl groups is 1. The summed E-state index contributed by atoms with van der Waals surface area (Å²) in [6.07, 6.45) is 3.69. The average Bonchev–Trinajstić information content (AvgIpc) is 3.14. The first kappa shape index (κ1) is 18.0. The Kier molecular flexibility index (Phi) is 5.83. The van der Waals surface area contributed by atoms with Crippen molar-refractivity contribution in [3.05, 3.63) is 53.3 Å². The molecule has 0 bridgehead atoms. The molecule has 0 aliphatic carbocycles. The number of benzene rings is 1.